The second kappa shape index (κ2) is 2.31. The molecule has 0 spiro atoms. The van der Waals surface area contributed by atoms with Gasteiger partial charge in [-0.1, -0.05) is 5.11 Å². The number of rotatable bonds is 1. The Labute approximate surface area is 60.5 Å². The van der Waals surface area contributed by atoms with Gasteiger partial charge in [0, 0.05) is 4.91 Å². The fourth-order valence-corrected chi connectivity index (χ4v) is 0.604. The van der Waals surface area contributed by atoms with E-state index in [-0.39, 0.29) is 11.4 Å². The monoisotopic (exact) mass is 153 g/mol. The molecule has 7 heteroatoms. The van der Waals surface area contributed by atoms with E-state index in [4.69, 9.17) is 11.3 Å². The standard InChI is InChI=1S/C4H3N5O2/c5-1-2(8-9-6)4(11)7-3(1)10/h(H3,5,7,10,11). The number of imide groups is 1. The van der Waals surface area contributed by atoms with Crippen LogP contribution in [0, 0.1) is 0 Å². The molecule has 0 aromatic heterocycles. The molecule has 7 nitrogen and oxygen atoms in total. The van der Waals surface area contributed by atoms with Crippen molar-refractivity contribution in [2.45, 2.75) is 0 Å². The summed E-state index contributed by atoms with van der Waals surface area (Å²) in [6.07, 6.45) is 0. The molecule has 11 heavy (non-hydrogen) atoms. The first-order chi connectivity index (χ1) is 5.16. The molecule has 0 radical (unpaired) electrons. The highest BCUT2D eigenvalue weighted by Gasteiger charge is 2.26. The molecule has 56 valence electrons. The molecule has 0 aromatic carbocycles. The lowest BCUT2D eigenvalue weighted by Gasteiger charge is -1.84. The van der Waals surface area contributed by atoms with Gasteiger partial charge in [-0.25, -0.2) is 0 Å². The molecule has 0 bridgehead atoms. The largest absolute Gasteiger partial charge is 0.394 e. The minimum atomic E-state index is -0.759. The number of hydrogen-bond acceptors (Lipinski definition) is 4. The molecule has 0 saturated heterocycles. The van der Waals surface area contributed by atoms with E-state index in [0.717, 1.165) is 0 Å². The highest BCUT2D eigenvalue weighted by atomic mass is 16.2. The van der Waals surface area contributed by atoms with E-state index in [9.17, 15) is 9.59 Å². The van der Waals surface area contributed by atoms with Crippen LogP contribution >= 0.6 is 0 Å². The highest BCUT2D eigenvalue weighted by molar-refractivity contribution is 6.18. The van der Waals surface area contributed by atoms with Crippen LogP contribution in [-0.2, 0) is 9.59 Å². The molecular weight excluding hydrogens is 150 g/mol. The maximum absolute atomic E-state index is 10.7. The maximum Gasteiger partial charge on any atom is 0.274 e. The van der Waals surface area contributed by atoms with Gasteiger partial charge in [-0.2, -0.15) is 0 Å². The molecule has 0 saturated carbocycles. The van der Waals surface area contributed by atoms with Gasteiger partial charge in [0.1, 0.15) is 11.4 Å². The number of carbonyl (C=O) groups excluding carboxylic acids is 2. The van der Waals surface area contributed by atoms with E-state index in [2.05, 4.69) is 10.0 Å². The summed E-state index contributed by atoms with van der Waals surface area (Å²) >= 11 is 0. The minimum absolute atomic E-state index is 0.340. The Balaban J connectivity index is 3.16. The van der Waals surface area contributed by atoms with Crippen molar-refractivity contribution in [3.8, 4) is 0 Å². The summed E-state index contributed by atoms with van der Waals surface area (Å²) in [4.78, 5) is 23.5. The van der Waals surface area contributed by atoms with Crippen LogP contribution in [0.15, 0.2) is 16.5 Å². The lowest BCUT2D eigenvalue weighted by molar-refractivity contribution is -0.124. The van der Waals surface area contributed by atoms with Gasteiger partial charge in [-0.05, 0) is 5.53 Å². The van der Waals surface area contributed by atoms with Gasteiger partial charge in [-0.15, -0.1) is 0 Å². The topological polar surface area (TPSA) is 121 Å². The van der Waals surface area contributed by atoms with Crippen molar-refractivity contribution in [1.82, 2.24) is 5.32 Å². The molecule has 3 N–H and O–H groups in total. The summed E-state index contributed by atoms with van der Waals surface area (Å²) in [6, 6.07) is 0. The van der Waals surface area contributed by atoms with Crippen molar-refractivity contribution >= 4 is 11.8 Å². The second-order valence-electron chi connectivity index (χ2n) is 1.73. The zero-order chi connectivity index (χ0) is 8.43. The van der Waals surface area contributed by atoms with E-state index in [1.165, 1.54) is 0 Å². The van der Waals surface area contributed by atoms with E-state index >= 15 is 0 Å². The van der Waals surface area contributed by atoms with Crippen LogP contribution in [0.5, 0.6) is 0 Å². The molecule has 0 fully saturated rings. The number of carbonyl (C=O) groups is 2. The van der Waals surface area contributed by atoms with Crippen molar-refractivity contribution in [3.05, 3.63) is 21.8 Å². The van der Waals surface area contributed by atoms with Gasteiger partial charge in [0.2, 0.25) is 0 Å². The third-order valence-electron chi connectivity index (χ3n) is 1.09. The third-order valence-corrected chi connectivity index (χ3v) is 1.09. The Kier molecular flexibility index (Phi) is 1.49. The first-order valence-corrected chi connectivity index (χ1v) is 2.57. The lowest BCUT2D eigenvalue weighted by Crippen LogP contribution is -2.24. The van der Waals surface area contributed by atoms with Gasteiger partial charge in [0.15, 0.2) is 0 Å². The van der Waals surface area contributed by atoms with Crippen molar-refractivity contribution in [3.63, 3.8) is 0 Å². The van der Waals surface area contributed by atoms with Crippen LogP contribution in [0.2, 0.25) is 0 Å². The molecular formula is C4H3N5O2. The zero-order valence-corrected chi connectivity index (χ0v) is 5.24. The number of nitrogens with two attached hydrogens (primary N) is 1. The van der Waals surface area contributed by atoms with Crippen molar-refractivity contribution in [1.29, 1.82) is 0 Å². The molecule has 0 atom stereocenters. The summed E-state index contributed by atoms with van der Waals surface area (Å²) in [7, 11) is 0. The molecule has 1 heterocycles. The summed E-state index contributed by atoms with van der Waals surface area (Å²) < 4.78 is 0. The van der Waals surface area contributed by atoms with Crippen LogP contribution in [0.1, 0.15) is 0 Å². The SMILES string of the molecule is [N-]=[N+]=NC1=C(N)C(=O)NC1=O. The minimum Gasteiger partial charge on any atom is -0.394 e. The first kappa shape index (κ1) is 7.10. The van der Waals surface area contributed by atoms with Gasteiger partial charge in [-0.3, -0.25) is 14.9 Å². The number of nitrogens with one attached hydrogen (secondary N) is 1. The average Bonchev–Trinajstić information content (AvgIpc) is 2.17. The number of azide groups is 1. The van der Waals surface area contributed by atoms with Gasteiger partial charge in [0.05, 0.1) is 0 Å². The Hall–Kier alpha value is -2.01. The normalized spacial score (nSPS) is 16.4. The molecule has 1 aliphatic rings. The lowest BCUT2D eigenvalue weighted by atomic mass is 10.4. The van der Waals surface area contributed by atoms with Gasteiger partial charge < -0.3 is 5.73 Å². The highest BCUT2D eigenvalue weighted by Crippen LogP contribution is 2.08. The molecule has 1 aliphatic heterocycles. The number of amides is 2. The summed E-state index contributed by atoms with van der Waals surface area (Å²) in [5.41, 5.74) is 12.3. The van der Waals surface area contributed by atoms with E-state index < -0.39 is 11.8 Å². The molecule has 1 rings (SSSR count). The van der Waals surface area contributed by atoms with Crippen molar-refractivity contribution in [2.75, 3.05) is 0 Å². The van der Waals surface area contributed by atoms with Crippen LogP contribution in [0.25, 0.3) is 10.4 Å². The van der Waals surface area contributed by atoms with E-state index in [0.29, 0.717) is 0 Å². The number of nitrogens with zero attached hydrogens (tertiary/aromatic N) is 3. The van der Waals surface area contributed by atoms with Gasteiger partial charge in [0.25, 0.3) is 11.8 Å². The van der Waals surface area contributed by atoms with Crippen LogP contribution in [0.3, 0.4) is 0 Å². The fraction of sp³-hybridized carbons (Fsp3) is 0. The van der Waals surface area contributed by atoms with E-state index in [1.54, 1.807) is 0 Å². The first-order valence-electron chi connectivity index (χ1n) is 2.57. The van der Waals surface area contributed by atoms with Crippen LogP contribution < -0.4 is 11.1 Å². The maximum atomic E-state index is 10.7. The Morgan fingerprint density at radius 1 is 1.45 bits per heavy atom. The summed E-state index contributed by atoms with van der Waals surface area (Å²) in [5.74, 6) is -1.48. The number of hydrogen-bond donors (Lipinski definition) is 2. The predicted octanol–water partition coefficient (Wildman–Crippen LogP) is -0.877. The van der Waals surface area contributed by atoms with Crippen LogP contribution in [-0.4, -0.2) is 11.8 Å². The van der Waals surface area contributed by atoms with Gasteiger partial charge >= 0.3 is 0 Å². The molecule has 0 aromatic rings. The summed E-state index contributed by atoms with van der Waals surface area (Å²) in [6.45, 7) is 0. The third kappa shape index (κ3) is 0.993. The second-order valence-corrected chi connectivity index (χ2v) is 1.73. The molecule has 0 unspecified atom stereocenters. The molecule has 2 amide bonds. The zero-order valence-electron chi connectivity index (χ0n) is 5.24. The quantitative estimate of drug-likeness (QED) is 0.220. The van der Waals surface area contributed by atoms with Crippen molar-refractivity contribution in [2.24, 2.45) is 10.8 Å². The Bertz CT molecular complexity index is 310. The molecule has 0 aliphatic carbocycles. The van der Waals surface area contributed by atoms with Crippen molar-refractivity contribution < 1.29 is 9.59 Å². The Morgan fingerprint density at radius 3 is 2.45 bits per heavy atom. The van der Waals surface area contributed by atoms with Crippen LogP contribution in [0.4, 0.5) is 0 Å². The fourth-order valence-electron chi connectivity index (χ4n) is 0.604. The summed E-state index contributed by atoms with van der Waals surface area (Å²) in [5, 5.41) is 4.80. The Morgan fingerprint density at radius 2 is 2.09 bits per heavy atom. The predicted molar refractivity (Wildman–Crippen MR) is 33.5 cm³/mol. The smallest absolute Gasteiger partial charge is 0.274 e. The van der Waals surface area contributed by atoms with E-state index in [1.807, 2.05) is 5.32 Å². The average molecular weight is 153 g/mol.